The molecule has 1 N–H and O–H groups in total. The van der Waals surface area contributed by atoms with Crippen molar-refractivity contribution in [1.29, 1.82) is 0 Å². The summed E-state index contributed by atoms with van der Waals surface area (Å²) in [6.07, 6.45) is 9.56. The van der Waals surface area contributed by atoms with Crippen LogP contribution in [0.25, 0.3) is 0 Å². The molecule has 0 aromatic carbocycles. The molecule has 4 aliphatic rings. The van der Waals surface area contributed by atoms with E-state index in [0.717, 1.165) is 12.8 Å². The number of hydrogen-bond donors (Lipinski definition) is 1. The molecule has 2 bridgehead atoms. The summed E-state index contributed by atoms with van der Waals surface area (Å²) in [7, 11) is 0. The molecule has 0 aromatic rings. The second kappa shape index (κ2) is 4.06. The molecule has 0 saturated heterocycles. The van der Waals surface area contributed by atoms with Crippen molar-refractivity contribution in [2.45, 2.75) is 78.2 Å². The Labute approximate surface area is 134 Å². The summed E-state index contributed by atoms with van der Waals surface area (Å²) >= 11 is 0. The molecule has 0 heterocycles. The van der Waals surface area contributed by atoms with Crippen molar-refractivity contribution in [2.75, 3.05) is 0 Å². The van der Waals surface area contributed by atoms with E-state index >= 15 is 0 Å². The molecular weight excluding hydrogens is 272 g/mol. The van der Waals surface area contributed by atoms with Gasteiger partial charge in [-0.15, -0.1) is 0 Å². The summed E-state index contributed by atoms with van der Waals surface area (Å²) in [5.41, 5.74) is 0.861. The molecule has 3 fully saturated rings. The van der Waals surface area contributed by atoms with Gasteiger partial charge in [-0.2, -0.15) is 0 Å². The summed E-state index contributed by atoms with van der Waals surface area (Å²) in [4.78, 5) is 13.1. The molecule has 0 radical (unpaired) electrons. The van der Waals surface area contributed by atoms with Crippen LogP contribution in [0, 0.1) is 28.1 Å². The molecule has 2 nitrogen and oxygen atoms in total. The van der Waals surface area contributed by atoms with E-state index in [0.29, 0.717) is 30.0 Å². The molecule has 4 rings (SSSR count). The Morgan fingerprint density at radius 2 is 1.91 bits per heavy atom. The van der Waals surface area contributed by atoms with E-state index in [4.69, 9.17) is 0 Å². The summed E-state index contributed by atoms with van der Waals surface area (Å²) in [6, 6.07) is 0. The SMILES string of the molecule is CC1C(=O)C23CCC4C(C)(C)CCCC4(C)C2=CCC1(O)C3. The third kappa shape index (κ3) is 1.53. The van der Waals surface area contributed by atoms with Crippen LogP contribution in [-0.2, 0) is 4.79 Å². The quantitative estimate of drug-likeness (QED) is 0.679. The third-order valence-electron chi connectivity index (χ3n) is 8.16. The van der Waals surface area contributed by atoms with Crippen LogP contribution < -0.4 is 0 Å². The van der Waals surface area contributed by atoms with Crippen molar-refractivity contribution >= 4 is 5.78 Å². The number of hydrogen-bond acceptors (Lipinski definition) is 2. The van der Waals surface area contributed by atoms with E-state index < -0.39 is 5.60 Å². The van der Waals surface area contributed by atoms with Crippen molar-refractivity contribution in [3.63, 3.8) is 0 Å². The van der Waals surface area contributed by atoms with Crippen molar-refractivity contribution in [3.05, 3.63) is 11.6 Å². The lowest BCUT2D eigenvalue weighted by Gasteiger charge is -2.60. The largest absolute Gasteiger partial charge is 0.389 e. The molecule has 3 saturated carbocycles. The maximum absolute atomic E-state index is 13.1. The Morgan fingerprint density at radius 1 is 1.18 bits per heavy atom. The molecule has 1 spiro atoms. The zero-order valence-electron chi connectivity index (χ0n) is 14.5. The fraction of sp³-hybridized carbons (Fsp3) is 0.850. The van der Waals surface area contributed by atoms with Crippen LogP contribution in [0.5, 0.6) is 0 Å². The first-order valence-corrected chi connectivity index (χ1v) is 9.14. The number of ketones is 1. The van der Waals surface area contributed by atoms with Gasteiger partial charge in [-0.05, 0) is 55.3 Å². The second-order valence-corrected chi connectivity index (χ2v) is 9.62. The molecule has 0 aromatic heterocycles. The lowest BCUT2D eigenvalue weighted by Crippen LogP contribution is -2.53. The summed E-state index contributed by atoms with van der Waals surface area (Å²) in [5, 5.41) is 10.9. The Hall–Kier alpha value is -0.630. The molecule has 5 atom stereocenters. The molecular formula is C20H30O2. The highest BCUT2D eigenvalue weighted by Crippen LogP contribution is 2.70. The van der Waals surface area contributed by atoms with Crippen molar-refractivity contribution < 1.29 is 9.90 Å². The van der Waals surface area contributed by atoms with Crippen LogP contribution in [-0.4, -0.2) is 16.5 Å². The molecule has 2 heteroatoms. The van der Waals surface area contributed by atoms with E-state index in [1.54, 1.807) is 0 Å². The van der Waals surface area contributed by atoms with E-state index in [2.05, 4.69) is 26.8 Å². The summed E-state index contributed by atoms with van der Waals surface area (Å²) in [6.45, 7) is 9.22. The van der Waals surface area contributed by atoms with E-state index in [-0.39, 0.29) is 16.7 Å². The van der Waals surface area contributed by atoms with Crippen LogP contribution in [0.1, 0.15) is 72.6 Å². The van der Waals surface area contributed by atoms with Gasteiger partial charge in [-0.3, -0.25) is 4.79 Å². The first-order valence-electron chi connectivity index (χ1n) is 9.14. The number of aliphatic hydroxyl groups is 1. The van der Waals surface area contributed by atoms with Gasteiger partial charge in [0.1, 0.15) is 5.78 Å². The topological polar surface area (TPSA) is 37.3 Å². The van der Waals surface area contributed by atoms with Crippen molar-refractivity contribution in [3.8, 4) is 0 Å². The van der Waals surface area contributed by atoms with Gasteiger partial charge >= 0.3 is 0 Å². The Balaban J connectivity index is 1.85. The maximum atomic E-state index is 13.1. The summed E-state index contributed by atoms with van der Waals surface area (Å²) < 4.78 is 0. The molecule has 0 aliphatic heterocycles. The average molecular weight is 302 g/mol. The minimum Gasteiger partial charge on any atom is -0.389 e. The lowest BCUT2D eigenvalue weighted by molar-refractivity contribution is -0.131. The highest BCUT2D eigenvalue weighted by Gasteiger charge is 2.67. The zero-order chi connectivity index (χ0) is 16.0. The number of Topliss-reactive ketones (excluding diaryl/α,β-unsaturated/α-hetero) is 1. The number of carbonyl (C=O) groups excluding carboxylic acids is 1. The normalized spacial score (nSPS) is 52.8. The molecule has 5 unspecified atom stereocenters. The van der Waals surface area contributed by atoms with Crippen LogP contribution in [0.2, 0.25) is 0 Å². The maximum Gasteiger partial charge on any atom is 0.148 e. The van der Waals surface area contributed by atoms with Crippen LogP contribution >= 0.6 is 0 Å². The number of carbonyl (C=O) groups is 1. The fourth-order valence-electron chi connectivity index (χ4n) is 7.04. The first-order chi connectivity index (χ1) is 10.2. The standard InChI is InChI=1S/C20H30O2/c1-13-16(21)19-10-6-14-17(2,3)8-5-9-18(14,4)15(19)7-11-20(13,22)12-19/h7,13-14,22H,5-6,8-12H2,1-4H3. The number of fused-ring (bicyclic) bond motifs is 3. The van der Waals surface area contributed by atoms with Crippen LogP contribution in [0.4, 0.5) is 0 Å². The predicted molar refractivity (Wildman–Crippen MR) is 87.3 cm³/mol. The number of rotatable bonds is 0. The van der Waals surface area contributed by atoms with Gasteiger partial charge in [0.2, 0.25) is 0 Å². The Morgan fingerprint density at radius 3 is 2.64 bits per heavy atom. The third-order valence-corrected chi connectivity index (χ3v) is 8.16. The lowest BCUT2D eigenvalue weighted by atomic mass is 9.44. The molecule has 4 aliphatic carbocycles. The van der Waals surface area contributed by atoms with Gasteiger partial charge in [-0.1, -0.05) is 45.8 Å². The van der Waals surface area contributed by atoms with Gasteiger partial charge in [0.25, 0.3) is 0 Å². The van der Waals surface area contributed by atoms with Crippen molar-refractivity contribution in [2.24, 2.45) is 28.1 Å². The van der Waals surface area contributed by atoms with Gasteiger partial charge < -0.3 is 5.11 Å². The van der Waals surface area contributed by atoms with E-state index in [1.807, 2.05) is 6.92 Å². The minimum absolute atomic E-state index is 0.168. The van der Waals surface area contributed by atoms with Crippen LogP contribution in [0.15, 0.2) is 11.6 Å². The average Bonchev–Trinajstić information content (AvgIpc) is 2.56. The fourth-order valence-corrected chi connectivity index (χ4v) is 7.04. The van der Waals surface area contributed by atoms with Crippen LogP contribution in [0.3, 0.4) is 0 Å². The first kappa shape index (κ1) is 14.9. The van der Waals surface area contributed by atoms with Gasteiger partial charge in [0, 0.05) is 5.92 Å². The zero-order valence-corrected chi connectivity index (χ0v) is 14.5. The predicted octanol–water partition coefficient (Wildman–Crippen LogP) is 4.27. The highest BCUT2D eigenvalue weighted by atomic mass is 16.3. The smallest absolute Gasteiger partial charge is 0.148 e. The highest BCUT2D eigenvalue weighted by molar-refractivity contribution is 5.94. The van der Waals surface area contributed by atoms with E-state index in [9.17, 15) is 9.90 Å². The van der Waals surface area contributed by atoms with Crippen molar-refractivity contribution in [1.82, 2.24) is 0 Å². The summed E-state index contributed by atoms with van der Waals surface area (Å²) in [5.74, 6) is 0.820. The van der Waals surface area contributed by atoms with E-state index in [1.165, 1.54) is 24.8 Å². The molecule has 122 valence electrons. The second-order valence-electron chi connectivity index (χ2n) is 9.62. The number of allylic oxidation sites excluding steroid dienone is 1. The Kier molecular flexibility index (Phi) is 2.76. The van der Waals surface area contributed by atoms with Gasteiger partial charge in [-0.25, -0.2) is 0 Å². The monoisotopic (exact) mass is 302 g/mol. The van der Waals surface area contributed by atoms with Gasteiger partial charge in [0.05, 0.1) is 11.0 Å². The molecule has 22 heavy (non-hydrogen) atoms. The Bertz CT molecular complexity index is 574. The minimum atomic E-state index is -0.770. The molecule has 0 amide bonds. The van der Waals surface area contributed by atoms with Gasteiger partial charge in [0.15, 0.2) is 0 Å².